The zero-order valence-electron chi connectivity index (χ0n) is 7.25. The molecule has 1 aromatic rings. The third-order valence-electron chi connectivity index (χ3n) is 1.69. The number of hydrogen-bond acceptors (Lipinski definition) is 1. The van der Waals surface area contributed by atoms with Crippen LogP contribution >= 0.6 is 0 Å². The first-order chi connectivity index (χ1) is 5.88. The Morgan fingerprint density at radius 3 is 2.75 bits per heavy atom. The molecule has 0 aliphatic heterocycles. The smallest absolute Gasteiger partial charge is 0.122 e. The molecule has 1 rings (SSSR count). The van der Waals surface area contributed by atoms with Crippen LogP contribution in [0.15, 0.2) is 24.3 Å². The van der Waals surface area contributed by atoms with Crippen LogP contribution < -0.4 is 4.74 Å². The molecule has 0 N–H and O–H groups in total. The van der Waals surface area contributed by atoms with Crippen molar-refractivity contribution >= 4 is 0 Å². The van der Waals surface area contributed by atoms with E-state index in [9.17, 15) is 5.11 Å². The lowest BCUT2D eigenvalue weighted by Gasteiger charge is -2.07. The normalized spacial score (nSPS) is 9.83. The van der Waals surface area contributed by atoms with Gasteiger partial charge in [0, 0.05) is 0 Å². The summed E-state index contributed by atoms with van der Waals surface area (Å²) in [5, 5.41) is 10.2. The van der Waals surface area contributed by atoms with E-state index < -0.39 is 0 Å². The Labute approximate surface area is 72.8 Å². The predicted octanol–water partition coefficient (Wildman–Crippen LogP) is 2.06. The van der Waals surface area contributed by atoms with Crippen molar-refractivity contribution in [1.29, 1.82) is 0 Å². The molecule has 0 atom stereocenters. The number of ether oxygens (including phenoxy) is 1. The van der Waals surface area contributed by atoms with Gasteiger partial charge in [0.1, 0.15) is 19.0 Å². The van der Waals surface area contributed by atoms with Crippen molar-refractivity contribution in [3.63, 3.8) is 0 Å². The highest BCUT2D eigenvalue weighted by Crippen LogP contribution is 2.17. The average Bonchev–Trinajstić information content (AvgIpc) is 2.15. The molecule has 0 heterocycles. The maximum atomic E-state index is 10.2. The Morgan fingerprint density at radius 1 is 1.33 bits per heavy atom. The molecule has 0 spiro atoms. The van der Waals surface area contributed by atoms with E-state index in [4.69, 9.17) is 4.74 Å². The van der Waals surface area contributed by atoms with Crippen molar-refractivity contribution in [3.05, 3.63) is 29.8 Å². The molecule has 0 bridgehead atoms. The van der Waals surface area contributed by atoms with E-state index in [0.29, 0.717) is 0 Å². The second kappa shape index (κ2) is 4.78. The van der Waals surface area contributed by atoms with Crippen molar-refractivity contribution < 1.29 is 9.84 Å². The maximum absolute atomic E-state index is 10.2. The van der Waals surface area contributed by atoms with E-state index in [0.717, 1.165) is 17.7 Å². The number of benzene rings is 1. The summed E-state index contributed by atoms with van der Waals surface area (Å²) in [7, 11) is 0. The quantitative estimate of drug-likeness (QED) is 0.671. The standard InChI is InChI=1S/C10H13O2/c1-2-9-5-3-4-6-10(9)12-8-7-11/h3-6H,2,7-8H2,1H3. The SMILES string of the molecule is CCc1ccccc1OCC[O]. The van der Waals surface area contributed by atoms with Gasteiger partial charge in [-0.25, -0.2) is 5.11 Å². The second-order valence-electron chi connectivity index (χ2n) is 2.51. The van der Waals surface area contributed by atoms with Crippen molar-refractivity contribution in [3.8, 4) is 5.75 Å². The van der Waals surface area contributed by atoms with Crippen molar-refractivity contribution in [2.45, 2.75) is 13.3 Å². The third kappa shape index (κ3) is 2.24. The molecule has 0 aliphatic carbocycles. The Hall–Kier alpha value is -1.02. The summed E-state index contributed by atoms with van der Waals surface area (Å²) in [5.74, 6) is 0.843. The summed E-state index contributed by atoms with van der Waals surface area (Å²) in [6, 6.07) is 7.80. The van der Waals surface area contributed by atoms with Gasteiger partial charge in [-0.1, -0.05) is 25.1 Å². The molecule has 1 radical (unpaired) electrons. The van der Waals surface area contributed by atoms with Gasteiger partial charge in [0.25, 0.3) is 0 Å². The lowest BCUT2D eigenvalue weighted by atomic mass is 10.1. The van der Waals surface area contributed by atoms with Gasteiger partial charge in [-0.3, -0.25) is 0 Å². The molecule has 0 unspecified atom stereocenters. The Kier molecular flexibility index (Phi) is 3.61. The number of para-hydroxylation sites is 1. The van der Waals surface area contributed by atoms with Crippen LogP contribution in [0, 0.1) is 0 Å². The van der Waals surface area contributed by atoms with Crippen LogP contribution in [-0.2, 0) is 11.5 Å². The summed E-state index contributed by atoms with van der Waals surface area (Å²) in [6.07, 6.45) is 0.940. The summed E-state index contributed by atoms with van der Waals surface area (Å²) in [6.45, 7) is 2.15. The monoisotopic (exact) mass is 165 g/mol. The summed E-state index contributed by atoms with van der Waals surface area (Å²) in [5.41, 5.74) is 1.16. The highest BCUT2D eigenvalue weighted by atomic mass is 16.5. The molecular weight excluding hydrogens is 152 g/mol. The van der Waals surface area contributed by atoms with Crippen LogP contribution in [0.4, 0.5) is 0 Å². The van der Waals surface area contributed by atoms with Crippen molar-refractivity contribution in [1.82, 2.24) is 0 Å². The highest BCUT2D eigenvalue weighted by molar-refractivity contribution is 5.33. The van der Waals surface area contributed by atoms with E-state index in [1.165, 1.54) is 0 Å². The molecule has 0 fully saturated rings. The first kappa shape index (κ1) is 9.07. The van der Waals surface area contributed by atoms with Crippen LogP contribution in [0.1, 0.15) is 12.5 Å². The molecule has 1 aromatic carbocycles. The minimum atomic E-state index is -0.182. The van der Waals surface area contributed by atoms with Gasteiger partial charge in [-0.2, -0.15) is 0 Å². The summed E-state index contributed by atoms with van der Waals surface area (Å²) < 4.78 is 5.26. The minimum absolute atomic E-state index is 0.182. The second-order valence-corrected chi connectivity index (χ2v) is 2.51. The molecule has 12 heavy (non-hydrogen) atoms. The van der Waals surface area contributed by atoms with Crippen LogP contribution in [0.3, 0.4) is 0 Å². The van der Waals surface area contributed by atoms with E-state index in [1.807, 2.05) is 24.3 Å². The van der Waals surface area contributed by atoms with Gasteiger partial charge in [-0.05, 0) is 18.1 Å². The van der Waals surface area contributed by atoms with Gasteiger partial charge in [0.05, 0.1) is 0 Å². The molecule has 0 saturated heterocycles. The van der Waals surface area contributed by atoms with E-state index >= 15 is 0 Å². The van der Waals surface area contributed by atoms with Crippen LogP contribution in [0.2, 0.25) is 0 Å². The van der Waals surface area contributed by atoms with E-state index in [1.54, 1.807) is 0 Å². The molecule has 2 heteroatoms. The van der Waals surface area contributed by atoms with Crippen molar-refractivity contribution in [2.24, 2.45) is 0 Å². The number of aryl methyl sites for hydroxylation is 1. The molecule has 0 aromatic heterocycles. The lowest BCUT2D eigenvalue weighted by Crippen LogP contribution is -2.02. The third-order valence-corrected chi connectivity index (χ3v) is 1.69. The Morgan fingerprint density at radius 2 is 2.08 bits per heavy atom. The predicted molar refractivity (Wildman–Crippen MR) is 46.9 cm³/mol. The molecule has 0 amide bonds. The largest absolute Gasteiger partial charge is 0.491 e. The first-order valence-electron chi connectivity index (χ1n) is 4.17. The molecule has 0 saturated carbocycles. The lowest BCUT2D eigenvalue weighted by molar-refractivity contribution is 0.137. The number of rotatable bonds is 4. The summed E-state index contributed by atoms with van der Waals surface area (Å²) >= 11 is 0. The van der Waals surface area contributed by atoms with Gasteiger partial charge < -0.3 is 4.74 Å². The highest BCUT2D eigenvalue weighted by Gasteiger charge is 1.98. The maximum Gasteiger partial charge on any atom is 0.122 e. The minimum Gasteiger partial charge on any atom is -0.491 e. The van der Waals surface area contributed by atoms with E-state index in [2.05, 4.69) is 6.92 Å². The van der Waals surface area contributed by atoms with Crippen molar-refractivity contribution in [2.75, 3.05) is 13.2 Å². The zero-order valence-corrected chi connectivity index (χ0v) is 7.25. The van der Waals surface area contributed by atoms with Gasteiger partial charge in [0.2, 0.25) is 0 Å². The van der Waals surface area contributed by atoms with Gasteiger partial charge in [-0.15, -0.1) is 0 Å². The van der Waals surface area contributed by atoms with Gasteiger partial charge >= 0.3 is 0 Å². The summed E-state index contributed by atoms with van der Waals surface area (Å²) in [4.78, 5) is 0. The molecule has 0 aliphatic rings. The fourth-order valence-electron chi connectivity index (χ4n) is 1.09. The topological polar surface area (TPSA) is 29.1 Å². The average molecular weight is 165 g/mol. The molecule has 65 valence electrons. The fourth-order valence-corrected chi connectivity index (χ4v) is 1.09. The fraction of sp³-hybridized carbons (Fsp3) is 0.400. The molecular formula is C10H13O2. The van der Waals surface area contributed by atoms with Crippen LogP contribution in [0.25, 0.3) is 0 Å². The van der Waals surface area contributed by atoms with E-state index in [-0.39, 0.29) is 13.2 Å². The Balaban J connectivity index is 2.68. The van der Waals surface area contributed by atoms with Crippen LogP contribution in [-0.4, -0.2) is 13.2 Å². The first-order valence-corrected chi connectivity index (χ1v) is 4.17. The Bertz CT molecular complexity index is 233. The zero-order chi connectivity index (χ0) is 8.81. The molecule has 2 nitrogen and oxygen atoms in total. The number of hydrogen-bond donors (Lipinski definition) is 0. The van der Waals surface area contributed by atoms with Crippen LogP contribution in [0.5, 0.6) is 5.75 Å². The van der Waals surface area contributed by atoms with Gasteiger partial charge in [0.15, 0.2) is 0 Å².